The molecule has 19 heavy (non-hydrogen) atoms. The number of rotatable bonds is 3. The van der Waals surface area contributed by atoms with Crippen molar-refractivity contribution in [2.24, 2.45) is 11.3 Å². The molecule has 2 atom stereocenters. The normalized spacial score (nSPS) is 24.0. The number of hydrogen-bond donors (Lipinski definition) is 1. The molecule has 2 heteroatoms. The SMILES string of the molecule is COc1ccccc1NC1CCCCC1C(C)(C)C. The molecule has 0 aromatic heterocycles. The Morgan fingerprint density at radius 2 is 1.79 bits per heavy atom. The first-order chi connectivity index (χ1) is 9.02. The van der Waals surface area contributed by atoms with Gasteiger partial charge in [-0.15, -0.1) is 0 Å². The largest absolute Gasteiger partial charge is 0.495 e. The zero-order chi connectivity index (χ0) is 13.9. The molecule has 0 amide bonds. The second-order valence-corrected chi connectivity index (χ2v) is 6.71. The van der Waals surface area contributed by atoms with Gasteiger partial charge >= 0.3 is 0 Å². The molecule has 0 bridgehead atoms. The van der Waals surface area contributed by atoms with Crippen molar-refractivity contribution in [3.63, 3.8) is 0 Å². The Balaban J connectivity index is 2.15. The molecule has 2 unspecified atom stereocenters. The Kier molecular flexibility index (Phi) is 4.38. The summed E-state index contributed by atoms with van der Waals surface area (Å²) in [5.74, 6) is 1.67. The summed E-state index contributed by atoms with van der Waals surface area (Å²) in [4.78, 5) is 0. The lowest BCUT2D eigenvalue weighted by atomic mass is 9.69. The molecule has 1 N–H and O–H groups in total. The average molecular weight is 261 g/mol. The summed E-state index contributed by atoms with van der Waals surface area (Å²) in [6, 6.07) is 8.79. The van der Waals surface area contributed by atoms with E-state index in [1.807, 2.05) is 12.1 Å². The van der Waals surface area contributed by atoms with E-state index in [-0.39, 0.29) is 0 Å². The van der Waals surface area contributed by atoms with Gasteiger partial charge in [0, 0.05) is 6.04 Å². The summed E-state index contributed by atoms with van der Waals surface area (Å²) in [6.07, 6.45) is 5.29. The molecule has 1 aromatic rings. The summed E-state index contributed by atoms with van der Waals surface area (Å²) < 4.78 is 5.45. The lowest BCUT2D eigenvalue weighted by Crippen LogP contribution is -2.39. The van der Waals surface area contributed by atoms with Crippen LogP contribution in [0.1, 0.15) is 46.5 Å². The molecular weight excluding hydrogens is 234 g/mol. The second-order valence-electron chi connectivity index (χ2n) is 6.71. The maximum absolute atomic E-state index is 5.45. The van der Waals surface area contributed by atoms with Crippen molar-refractivity contribution in [1.82, 2.24) is 0 Å². The summed E-state index contributed by atoms with van der Waals surface area (Å²) in [5.41, 5.74) is 1.49. The number of ether oxygens (including phenoxy) is 1. The summed E-state index contributed by atoms with van der Waals surface area (Å²) in [5, 5.41) is 3.73. The molecule has 2 nitrogen and oxygen atoms in total. The molecule has 1 fully saturated rings. The summed E-state index contributed by atoms with van der Waals surface area (Å²) >= 11 is 0. The molecule has 1 aliphatic rings. The van der Waals surface area contributed by atoms with Crippen LogP contribution in [0.15, 0.2) is 24.3 Å². The van der Waals surface area contributed by atoms with Gasteiger partial charge in [0.2, 0.25) is 0 Å². The maximum Gasteiger partial charge on any atom is 0.141 e. The van der Waals surface area contributed by atoms with Crippen LogP contribution in [0.5, 0.6) is 5.75 Å². The van der Waals surface area contributed by atoms with Crippen LogP contribution in [0.25, 0.3) is 0 Å². The van der Waals surface area contributed by atoms with E-state index in [1.54, 1.807) is 7.11 Å². The van der Waals surface area contributed by atoms with Crippen LogP contribution < -0.4 is 10.1 Å². The van der Waals surface area contributed by atoms with Crippen LogP contribution in [0, 0.1) is 11.3 Å². The number of benzene rings is 1. The average Bonchev–Trinajstić information content (AvgIpc) is 2.39. The van der Waals surface area contributed by atoms with E-state index >= 15 is 0 Å². The van der Waals surface area contributed by atoms with Gasteiger partial charge in [-0.1, -0.05) is 45.7 Å². The van der Waals surface area contributed by atoms with Crippen LogP contribution in [-0.4, -0.2) is 13.2 Å². The summed E-state index contributed by atoms with van der Waals surface area (Å²) in [7, 11) is 1.74. The van der Waals surface area contributed by atoms with Crippen molar-refractivity contribution in [3.8, 4) is 5.75 Å². The number of nitrogens with one attached hydrogen (secondary N) is 1. The van der Waals surface area contributed by atoms with Gasteiger partial charge in [-0.25, -0.2) is 0 Å². The van der Waals surface area contributed by atoms with Crippen LogP contribution >= 0.6 is 0 Å². The smallest absolute Gasteiger partial charge is 0.141 e. The molecule has 1 aromatic carbocycles. The van der Waals surface area contributed by atoms with E-state index in [9.17, 15) is 0 Å². The van der Waals surface area contributed by atoms with Crippen LogP contribution in [0.2, 0.25) is 0 Å². The van der Waals surface area contributed by atoms with Crippen molar-refractivity contribution in [2.75, 3.05) is 12.4 Å². The third kappa shape index (κ3) is 3.43. The standard InChI is InChI=1S/C17H27NO/c1-17(2,3)13-9-5-6-10-14(13)18-15-11-7-8-12-16(15)19-4/h7-8,11-14,18H,5-6,9-10H2,1-4H3. The second kappa shape index (κ2) is 5.85. The minimum absolute atomic E-state index is 0.361. The highest BCUT2D eigenvalue weighted by Crippen LogP contribution is 2.40. The highest BCUT2D eigenvalue weighted by Gasteiger charge is 2.34. The first-order valence-electron chi connectivity index (χ1n) is 7.42. The van der Waals surface area contributed by atoms with Gasteiger partial charge in [0.05, 0.1) is 12.8 Å². The highest BCUT2D eigenvalue weighted by atomic mass is 16.5. The fraction of sp³-hybridized carbons (Fsp3) is 0.647. The van der Waals surface area contributed by atoms with Gasteiger partial charge in [-0.05, 0) is 36.3 Å². The third-order valence-electron chi connectivity index (χ3n) is 4.33. The predicted molar refractivity (Wildman–Crippen MR) is 81.8 cm³/mol. The molecular formula is C17H27NO. The zero-order valence-electron chi connectivity index (χ0n) is 12.7. The lowest BCUT2D eigenvalue weighted by Gasteiger charge is -2.41. The number of para-hydroxylation sites is 2. The molecule has 0 heterocycles. The fourth-order valence-corrected chi connectivity index (χ4v) is 3.30. The van der Waals surface area contributed by atoms with E-state index in [1.165, 1.54) is 25.7 Å². The highest BCUT2D eigenvalue weighted by molar-refractivity contribution is 5.56. The Morgan fingerprint density at radius 1 is 1.11 bits per heavy atom. The van der Waals surface area contributed by atoms with Crippen molar-refractivity contribution in [2.45, 2.75) is 52.5 Å². The third-order valence-corrected chi connectivity index (χ3v) is 4.33. The lowest BCUT2D eigenvalue weighted by molar-refractivity contribution is 0.162. The summed E-state index contributed by atoms with van der Waals surface area (Å²) in [6.45, 7) is 7.08. The van der Waals surface area contributed by atoms with E-state index in [4.69, 9.17) is 4.74 Å². The van der Waals surface area contributed by atoms with Gasteiger partial charge in [0.1, 0.15) is 5.75 Å². The number of anilines is 1. The number of hydrogen-bond acceptors (Lipinski definition) is 2. The Hall–Kier alpha value is -1.18. The molecule has 0 spiro atoms. The minimum atomic E-state index is 0.361. The Labute approximate surface area is 117 Å². The minimum Gasteiger partial charge on any atom is -0.495 e. The van der Waals surface area contributed by atoms with E-state index in [0.29, 0.717) is 11.5 Å². The number of methoxy groups -OCH3 is 1. The quantitative estimate of drug-likeness (QED) is 0.850. The van der Waals surface area contributed by atoms with Crippen molar-refractivity contribution in [3.05, 3.63) is 24.3 Å². The van der Waals surface area contributed by atoms with Crippen molar-refractivity contribution < 1.29 is 4.74 Å². The first-order valence-corrected chi connectivity index (χ1v) is 7.42. The zero-order valence-corrected chi connectivity index (χ0v) is 12.7. The van der Waals surface area contributed by atoms with Gasteiger partial charge < -0.3 is 10.1 Å². The molecule has 0 radical (unpaired) electrons. The van der Waals surface area contributed by atoms with E-state index in [0.717, 1.165) is 17.4 Å². The molecule has 1 aliphatic carbocycles. The van der Waals surface area contributed by atoms with Crippen LogP contribution in [-0.2, 0) is 0 Å². The molecule has 0 saturated heterocycles. The van der Waals surface area contributed by atoms with E-state index in [2.05, 4.69) is 38.2 Å². The Bertz CT molecular complexity index is 408. The van der Waals surface area contributed by atoms with Gasteiger partial charge in [0.25, 0.3) is 0 Å². The van der Waals surface area contributed by atoms with Crippen LogP contribution in [0.4, 0.5) is 5.69 Å². The van der Waals surface area contributed by atoms with Gasteiger partial charge in [-0.2, -0.15) is 0 Å². The van der Waals surface area contributed by atoms with Crippen LogP contribution in [0.3, 0.4) is 0 Å². The predicted octanol–water partition coefficient (Wildman–Crippen LogP) is 4.71. The first kappa shape index (κ1) is 14.2. The van der Waals surface area contributed by atoms with Crippen molar-refractivity contribution >= 4 is 5.69 Å². The van der Waals surface area contributed by atoms with E-state index < -0.39 is 0 Å². The van der Waals surface area contributed by atoms with Gasteiger partial charge in [-0.3, -0.25) is 0 Å². The van der Waals surface area contributed by atoms with Crippen molar-refractivity contribution in [1.29, 1.82) is 0 Å². The maximum atomic E-state index is 5.45. The molecule has 0 aliphatic heterocycles. The Morgan fingerprint density at radius 3 is 2.47 bits per heavy atom. The monoisotopic (exact) mass is 261 g/mol. The topological polar surface area (TPSA) is 21.3 Å². The molecule has 106 valence electrons. The molecule has 1 saturated carbocycles. The van der Waals surface area contributed by atoms with Gasteiger partial charge in [0.15, 0.2) is 0 Å². The molecule has 2 rings (SSSR count). The fourth-order valence-electron chi connectivity index (χ4n) is 3.30.